The van der Waals surface area contributed by atoms with Crippen molar-refractivity contribution in [2.45, 2.75) is 0 Å². The summed E-state index contributed by atoms with van der Waals surface area (Å²) in [6.45, 7) is -0.278. The van der Waals surface area contributed by atoms with Gasteiger partial charge in [0.2, 0.25) is 0 Å². The molecule has 0 aliphatic carbocycles. The van der Waals surface area contributed by atoms with E-state index in [1.165, 1.54) is 0 Å². The van der Waals surface area contributed by atoms with Crippen molar-refractivity contribution >= 4 is 17.8 Å². The van der Waals surface area contributed by atoms with Crippen molar-refractivity contribution in [2.24, 2.45) is 5.73 Å². The summed E-state index contributed by atoms with van der Waals surface area (Å²) in [4.78, 5) is 9.24. The Morgan fingerprint density at radius 2 is 1.75 bits per heavy atom. The second-order valence-corrected chi connectivity index (χ2v) is 0.598. The number of nitrogens with two attached hydrogens (primary N) is 1. The molecule has 8 heavy (non-hydrogen) atoms. The Morgan fingerprint density at radius 1 is 1.62 bits per heavy atom. The predicted molar refractivity (Wildman–Crippen MR) is 24.8 cm³/mol. The summed E-state index contributed by atoms with van der Waals surface area (Å²) < 4.78 is 6.47. The van der Waals surface area contributed by atoms with Gasteiger partial charge < -0.3 is 10.8 Å². The van der Waals surface area contributed by atoms with Crippen LogP contribution in [-0.4, -0.2) is 22.3 Å². The summed E-state index contributed by atoms with van der Waals surface area (Å²) in [5.41, 5.74) is 4.57. The topological polar surface area (TPSA) is 83.6 Å². The molecule has 0 aromatic heterocycles. The Bertz CT molecular complexity index is 52.5. The quantitative estimate of drug-likeness (QED) is 0.474. The minimum absolute atomic E-state index is 0. The maximum absolute atomic E-state index is 9.24. The largest absolute Gasteiger partial charge is 0.480 e. The molecule has 0 heterocycles. The molecule has 46 valence electrons. The molecule has 0 amide bonds. The molecule has 0 aromatic carbocycles. The monoisotopic (exact) mass is 191 g/mol. The zero-order chi connectivity index (χ0) is 6.28. The first-order chi connectivity index (χ1) is 3.27. The van der Waals surface area contributed by atoms with Crippen molar-refractivity contribution in [3.63, 3.8) is 0 Å². The molecule has 0 rings (SSSR count). The molecule has 0 saturated heterocycles. The summed E-state index contributed by atoms with van der Waals surface area (Å²) in [6.07, 6.45) is 0. The number of hydrogen-bond acceptors (Lipinski definition) is 3. The van der Waals surface area contributed by atoms with Crippen LogP contribution in [0.25, 0.3) is 0 Å². The molecule has 0 fully saturated rings. The molecule has 0 atom stereocenters. The number of aliphatic carboxylic acids is 1. The number of hydrogen-bond donors (Lipinski definition) is 3. The number of carbonyl (C=O) groups is 1. The Labute approximate surface area is 64.6 Å². The average Bonchev–Trinajstić information content (AvgIpc) is 1.73. The minimum Gasteiger partial charge on any atom is -0.480 e. The van der Waals surface area contributed by atoms with Gasteiger partial charge in [0, 0.05) is 19.5 Å². The third-order valence-corrected chi connectivity index (χ3v) is 0.175. The van der Waals surface area contributed by atoms with Crippen LogP contribution in [0, 0.1) is 0 Å². The average molecular weight is 193 g/mol. The van der Waals surface area contributed by atoms with Gasteiger partial charge >= 0.3 is 5.97 Å². The van der Waals surface area contributed by atoms with Gasteiger partial charge in [-0.15, -0.1) is 0 Å². The molecule has 4 nitrogen and oxygen atoms in total. The summed E-state index contributed by atoms with van der Waals surface area (Å²) in [5, 5.41) is 7.60. The Morgan fingerprint density at radius 3 is 1.75 bits per heavy atom. The van der Waals surface area contributed by atoms with Gasteiger partial charge in [-0.1, -0.05) is 0 Å². The normalized spacial score (nSPS) is 5.38. The van der Waals surface area contributed by atoms with Crippen molar-refractivity contribution in [2.75, 3.05) is 6.54 Å². The maximum Gasteiger partial charge on any atom is 0.317 e. The molecule has 0 aromatic rings. The van der Waals surface area contributed by atoms with Crippen LogP contribution in [0.4, 0.5) is 0 Å². The van der Waals surface area contributed by atoms with E-state index in [-0.39, 0.29) is 26.0 Å². The van der Waals surface area contributed by atoms with Crippen molar-refractivity contribution in [1.82, 2.24) is 0 Å². The van der Waals surface area contributed by atoms with Crippen molar-refractivity contribution in [3.05, 3.63) is 0 Å². The first-order valence-corrected chi connectivity index (χ1v) is 1.70. The summed E-state index contributed by atoms with van der Waals surface area (Å²) in [6, 6.07) is 0. The zero-order valence-corrected chi connectivity index (χ0v) is 7.90. The first-order valence-electron chi connectivity index (χ1n) is 1.36. The van der Waals surface area contributed by atoms with Crippen LogP contribution < -0.4 is 5.73 Å². The molecule has 0 aliphatic rings. The molecule has 0 bridgehead atoms. The standard InChI is InChI=1S/C2H5NO2.ClHO.Zn/c3-1-2(4)5;1-2;/h1,3H2,(H,4,5);2H;. The second kappa shape index (κ2) is 15.7. The van der Waals surface area contributed by atoms with E-state index >= 15 is 0 Å². The summed E-state index contributed by atoms with van der Waals surface area (Å²) in [5.74, 6) is -0.968. The van der Waals surface area contributed by atoms with Gasteiger partial charge in [-0.3, -0.25) is 9.45 Å². The predicted octanol–water partition coefficient (Wildman–Crippen LogP) is -0.840. The van der Waals surface area contributed by atoms with E-state index in [4.69, 9.17) is 9.77 Å². The van der Waals surface area contributed by atoms with Gasteiger partial charge in [0.25, 0.3) is 0 Å². The third-order valence-electron chi connectivity index (χ3n) is 0.175. The fraction of sp³-hybridized carbons (Fsp3) is 0.500. The molecule has 0 saturated carbocycles. The van der Waals surface area contributed by atoms with Crippen LogP contribution in [0.5, 0.6) is 0 Å². The van der Waals surface area contributed by atoms with Gasteiger partial charge in [-0.25, -0.2) is 0 Å². The van der Waals surface area contributed by atoms with Gasteiger partial charge in [0.1, 0.15) is 0 Å². The number of carboxylic acids is 1. The van der Waals surface area contributed by atoms with E-state index in [9.17, 15) is 4.79 Å². The summed E-state index contributed by atoms with van der Waals surface area (Å²) >= 11 is 3.64. The molecule has 4 N–H and O–H groups in total. The molecular weight excluding hydrogens is 187 g/mol. The summed E-state index contributed by atoms with van der Waals surface area (Å²) in [7, 11) is 0. The molecule has 0 aliphatic heterocycles. The molecule has 0 radical (unpaired) electrons. The molecule has 0 unspecified atom stereocenters. The zero-order valence-electron chi connectivity index (χ0n) is 4.17. The van der Waals surface area contributed by atoms with Crippen molar-refractivity contribution in [1.29, 1.82) is 0 Å². The maximum atomic E-state index is 9.24. The van der Waals surface area contributed by atoms with Crippen LogP contribution in [0.15, 0.2) is 0 Å². The van der Waals surface area contributed by atoms with E-state index in [0.717, 1.165) is 0 Å². The van der Waals surface area contributed by atoms with Crippen molar-refractivity contribution < 1.29 is 34.0 Å². The Hall–Kier alpha value is 0.303. The van der Waals surface area contributed by atoms with Gasteiger partial charge in [-0.05, 0) is 0 Å². The van der Waals surface area contributed by atoms with Crippen LogP contribution in [0.1, 0.15) is 0 Å². The molecule has 6 heteroatoms. The van der Waals surface area contributed by atoms with Gasteiger partial charge in [-0.2, -0.15) is 0 Å². The SMILES string of the molecule is NCC(=O)O.OCl.[Zn]. The van der Waals surface area contributed by atoms with E-state index in [2.05, 4.69) is 17.6 Å². The molecule has 0 spiro atoms. The van der Waals surface area contributed by atoms with E-state index in [0.29, 0.717) is 0 Å². The second-order valence-electron chi connectivity index (χ2n) is 0.598. The smallest absolute Gasteiger partial charge is 0.317 e. The van der Waals surface area contributed by atoms with Crippen molar-refractivity contribution in [3.8, 4) is 0 Å². The number of carboxylic acid groups (broad SMARTS) is 1. The van der Waals surface area contributed by atoms with E-state index in [1.807, 2.05) is 0 Å². The third kappa shape index (κ3) is 33.4. The van der Waals surface area contributed by atoms with Crippen LogP contribution in [0.2, 0.25) is 0 Å². The minimum atomic E-state index is -0.968. The Balaban J connectivity index is -0.0000000750. The van der Waals surface area contributed by atoms with E-state index < -0.39 is 5.97 Å². The fourth-order valence-electron chi connectivity index (χ4n) is 0. The van der Waals surface area contributed by atoms with Gasteiger partial charge in [0.05, 0.1) is 18.4 Å². The Kier molecular flexibility index (Phi) is 30.8. The van der Waals surface area contributed by atoms with Crippen LogP contribution in [0.3, 0.4) is 0 Å². The van der Waals surface area contributed by atoms with Gasteiger partial charge in [0.15, 0.2) is 0 Å². The molecular formula is C2H6ClNO3Zn. The van der Waals surface area contributed by atoms with E-state index in [1.54, 1.807) is 0 Å². The number of rotatable bonds is 1. The first kappa shape index (κ1) is 15.7. The van der Waals surface area contributed by atoms with Crippen LogP contribution in [-0.2, 0) is 24.3 Å². The number of halogens is 1. The fourth-order valence-corrected chi connectivity index (χ4v) is 0. The van der Waals surface area contributed by atoms with Crippen LogP contribution >= 0.6 is 11.9 Å².